The summed E-state index contributed by atoms with van der Waals surface area (Å²) in [6, 6.07) is 8.62. The number of carbonyl (C=O) groups is 1. The van der Waals surface area contributed by atoms with Crippen LogP contribution in [0.25, 0.3) is 0 Å². The molecule has 2 N–H and O–H groups in total. The van der Waals surface area contributed by atoms with E-state index in [1.165, 1.54) is 5.56 Å². The molecule has 20 heavy (non-hydrogen) atoms. The molecule has 4 heteroatoms. The number of amides is 1. The van der Waals surface area contributed by atoms with Crippen LogP contribution in [0.5, 0.6) is 5.75 Å². The Labute approximate surface area is 121 Å². The average Bonchev–Trinajstić information content (AvgIpc) is 2.37. The van der Waals surface area contributed by atoms with Gasteiger partial charge in [0.1, 0.15) is 5.75 Å². The van der Waals surface area contributed by atoms with Crippen molar-refractivity contribution >= 4 is 5.91 Å². The van der Waals surface area contributed by atoms with Crippen molar-refractivity contribution in [3.05, 3.63) is 29.8 Å². The Balaban J connectivity index is 2.29. The normalized spacial score (nSPS) is 10.9. The summed E-state index contributed by atoms with van der Waals surface area (Å²) in [6.45, 7) is 9.40. The molecule has 1 aromatic rings. The maximum absolute atomic E-state index is 11.4. The molecule has 0 bridgehead atoms. The van der Waals surface area contributed by atoms with Crippen LogP contribution in [-0.2, 0) is 11.3 Å². The highest BCUT2D eigenvalue weighted by atomic mass is 16.5. The fourth-order valence-electron chi connectivity index (χ4n) is 1.68. The summed E-state index contributed by atoms with van der Waals surface area (Å²) in [5.41, 5.74) is 1.23. The Bertz CT molecular complexity index is 399. The number of nitrogens with one attached hydrogen (secondary N) is 2. The van der Waals surface area contributed by atoms with Gasteiger partial charge in [0.2, 0.25) is 5.91 Å². The van der Waals surface area contributed by atoms with Gasteiger partial charge in [0.15, 0.2) is 0 Å². The predicted molar refractivity (Wildman–Crippen MR) is 81.8 cm³/mol. The molecule has 112 valence electrons. The van der Waals surface area contributed by atoms with E-state index in [0.29, 0.717) is 19.1 Å². The molecule has 1 amide bonds. The standard InChI is InChI=1S/C16H26N2O2/c1-12(2)17-11-14-5-7-15(8-6-14)20-10-9-16(19)18-13(3)4/h5-8,12-13,17H,9-11H2,1-4H3,(H,18,19). The molecule has 0 spiro atoms. The number of benzene rings is 1. The topological polar surface area (TPSA) is 50.4 Å². The lowest BCUT2D eigenvalue weighted by molar-refractivity contribution is -0.122. The summed E-state index contributed by atoms with van der Waals surface area (Å²) in [6.07, 6.45) is 0.384. The minimum absolute atomic E-state index is 0.0257. The van der Waals surface area contributed by atoms with Crippen LogP contribution in [0.4, 0.5) is 0 Å². The number of rotatable bonds is 8. The number of hydrogen-bond acceptors (Lipinski definition) is 3. The van der Waals surface area contributed by atoms with Crippen molar-refractivity contribution in [2.45, 2.75) is 52.7 Å². The van der Waals surface area contributed by atoms with Crippen LogP contribution < -0.4 is 15.4 Å². The summed E-state index contributed by atoms with van der Waals surface area (Å²) in [5, 5.41) is 6.20. The van der Waals surface area contributed by atoms with Crippen molar-refractivity contribution in [2.24, 2.45) is 0 Å². The van der Waals surface area contributed by atoms with Gasteiger partial charge in [-0.25, -0.2) is 0 Å². The van der Waals surface area contributed by atoms with Gasteiger partial charge in [-0.2, -0.15) is 0 Å². The highest BCUT2D eigenvalue weighted by Gasteiger charge is 2.03. The van der Waals surface area contributed by atoms with Gasteiger partial charge in [0.25, 0.3) is 0 Å². The van der Waals surface area contributed by atoms with E-state index in [1.807, 2.05) is 38.1 Å². The zero-order valence-electron chi connectivity index (χ0n) is 12.9. The minimum Gasteiger partial charge on any atom is -0.493 e. The first-order chi connectivity index (χ1) is 9.47. The Morgan fingerprint density at radius 1 is 1.10 bits per heavy atom. The molecule has 0 aromatic heterocycles. The maximum atomic E-state index is 11.4. The lowest BCUT2D eigenvalue weighted by atomic mass is 10.2. The molecule has 0 aliphatic heterocycles. The molecule has 4 nitrogen and oxygen atoms in total. The van der Waals surface area contributed by atoms with E-state index >= 15 is 0 Å². The molecule has 0 aliphatic rings. The van der Waals surface area contributed by atoms with Gasteiger partial charge < -0.3 is 15.4 Å². The van der Waals surface area contributed by atoms with E-state index in [4.69, 9.17) is 4.74 Å². The van der Waals surface area contributed by atoms with Crippen molar-refractivity contribution < 1.29 is 9.53 Å². The van der Waals surface area contributed by atoms with E-state index in [0.717, 1.165) is 12.3 Å². The number of carbonyl (C=O) groups excluding carboxylic acids is 1. The quantitative estimate of drug-likeness (QED) is 0.768. The van der Waals surface area contributed by atoms with Gasteiger partial charge >= 0.3 is 0 Å². The molecule has 0 fully saturated rings. The second-order valence-corrected chi connectivity index (χ2v) is 5.50. The SMILES string of the molecule is CC(C)NCc1ccc(OCCC(=O)NC(C)C)cc1. The molecular formula is C16H26N2O2. The van der Waals surface area contributed by atoms with Crippen LogP contribution in [0, 0.1) is 0 Å². The fourth-order valence-corrected chi connectivity index (χ4v) is 1.68. The maximum Gasteiger partial charge on any atom is 0.223 e. The molecule has 1 aromatic carbocycles. The van der Waals surface area contributed by atoms with Crippen LogP contribution in [0.15, 0.2) is 24.3 Å². The van der Waals surface area contributed by atoms with Crippen molar-refractivity contribution in [1.29, 1.82) is 0 Å². The van der Waals surface area contributed by atoms with Crippen LogP contribution in [0.3, 0.4) is 0 Å². The van der Waals surface area contributed by atoms with Crippen molar-refractivity contribution in [3.8, 4) is 5.75 Å². The predicted octanol–water partition coefficient (Wildman–Crippen LogP) is 2.48. The first-order valence-corrected chi connectivity index (χ1v) is 7.22. The Morgan fingerprint density at radius 2 is 1.75 bits per heavy atom. The number of ether oxygens (including phenoxy) is 1. The van der Waals surface area contributed by atoms with Gasteiger partial charge in [0, 0.05) is 18.6 Å². The molecule has 0 saturated carbocycles. The van der Waals surface area contributed by atoms with Gasteiger partial charge in [-0.1, -0.05) is 26.0 Å². The Hall–Kier alpha value is -1.55. The lowest BCUT2D eigenvalue weighted by Gasteiger charge is -2.10. The van der Waals surface area contributed by atoms with Gasteiger partial charge in [0.05, 0.1) is 13.0 Å². The monoisotopic (exact) mass is 278 g/mol. The minimum atomic E-state index is 0.0257. The Kier molecular flexibility index (Phi) is 7.09. The van der Waals surface area contributed by atoms with Crippen molar-refractivity contribution in [2.75, 3.05) is 6.61 Å². The highest BCUT2D eigenvalue weighted by Crippen LogP contribution is 2.12. The summed E-state index contributed by atoms with van der Waals surface area (Å²) in [7, 11) is 0. The van der Waals surface area contributed by atoms with Crippen molar-refractivity contribution in [1.82, 2.24) is 10.6 Å². The van der Waals surface area contributed by atoms with Crippen LogP contribution >= 0.6 is 0 Å². The van der Waals surface area contributed by atoms with Crippen LogP contribution in [0.1, 0.15) is 39.7 Å². The summed E-state index contributed by atoms with van der Waals surface area (Å²) in [5.74, 6) is 0.827. The largest absolute Gasteiger partial charge is 0.493 e. The van der Waals surface area contributed by atoms with E-state index in [-0.39, 0.29) is 11.9 Å². The summed E-state index contributed by atoms with van der Waals surface area (Å²) < 4.78 is 5.56. The zero-order chi connectivity index (χ0) is 15.0. The number of hydrogen-bond donors (Lipinski definition) is 2. The van der Waals surface area contributed by atoms with Gasteiger partial charge in [-0.15, -0.1) is 0 Å². The summed E-state index contributed by atoms with van der Waals surface area (Å²) >= 11 is 0. The smallest absolute Gasteiger partial charge is 0.223 e. The van der Waals surface area contributed by atoms with Crippen LogP contribution in [0.2, 0.25) is 0 Å². The zero-order valence-corrected chi connectivity index (χ0v) is 12.9. The Morgan fingerprint density at radius 3 is 2.30 bits per heavy atom. The molecule has 0 saturated heterocycles. The second-order valence-electron chi connectivity index (χ2n) is 5.50. The first-order valence-electron chi connectivity index (χ1n) is 7.22. The fraction of sp³-hybridized carbons (Fsp3) is 0.562. The molecule has 1 rings (SSSR count). The molecule has 0 radical (unpaired) electrons. The molecular weight excluding hydrogens is 252 g/mol. The highest BCUT2D eigenvalue weighted by molar-refractivity contribution is 5.76. The molecule has 0 aliphatic carbocycles. The van der Waals surface area contributed by atoms with Crippen molar-refractivity contribution in [3.63, 3.8) is 0 Å². The van der Waals surface area contributed by atoms with E-state index in [1.54, 1.807) is 0 Å². The second kappa shape index (κ2) is 8.59. The van der Waals surface area contributed by atoms with Crippen LogP contribution in [-0.4, -0.2) is 24.6 Å². The third-order valence-corrected chi connectivity index (χ3v) is 2.69. The molecule has 0 heterocycles. The van der Waals surface area contributed by atoms with E-state index < -0.39 is 0 Å². The average molecular weight is 278 g/mol. The lowest BCUT2D eigenvalue weighted by Crippen LogP contribution is -2.31. The van der Waals surface area contributed by atoms with Gasteiger partial charge in [-0.05, 0) is 31.5 Å². The van der Waals surface area contributed by atoms with E-state index in [2.05, 4.69) is 24.5 Å². The first kappa shape index (κ1) is 16.5. The summed E-state index contributed by atoms with van der Waals surface area (Å²) in [4.78, 5) is 11.4. The van der Waals surface area contributed by atoms with E-state index in [9.17, 15) is 4.79 Å². The third-order valence-electron chi connectivity index (χ3n) is 2.69. The van der Waals surface area contributed by atoms with Gasteiger partial charge in [-0.3, -0.25) is 4.79 Å². The molecule has 0 atom stereocenters. The molecule has 0 unspecified atom stereocenters. The third kappa shape index (κ3) is 7.14.